The van der Waals surface area contributed by atoms with Crippen molar-refractivity contribution in [1.82, 2.24) is 9.97 Å². The monoisotopic (exact) mass is 730 g/mol. The van der Waals surface area contributed by atoms with Crippen molar-refractivity contribution in [2.75, 3.05) is 0 Å². The minimum Gasteiger partial charge on any atom is -0.228 e. The lowest BCUT2D eigenvalue weighted by molar-refractivity contribution is 0.768. The molecule has 56 heavy (non-hydrogen) atoms. The first kappa shape index (κ1) is 32.5. The van der Waals surface area contributed by atoms with Gasteiger partial charge in [0.05, 0.1) is 16.8 Å². The second-order valence-electron chi connectivity index (χ2n) is 14.5. The van der Waals surface area contributed by atoms with Crippen LogP contribution in [0.1, 0.15) is 22.3 Å². The fraction of sp³-hybridized carbons (Fsp3) is 0.0189. The maximum atomic E-state index is 5.17. The molecule has 10 aromatic rings. The highest BCUT2D eigenvalue weighted by atomic mass is 32.1. The first-order chi connectivity index (χ1) is 27.8. The van der Waals surface area contributed by atoms with Crippen LogP contribution in [0.15, 0.2) is 206 Å². The van der Waals surface area contributed by atoms with Crippen molar-refractivity contribution >= 4 is 31.5 Å². The SMILES string of the molecule is c1ccc(-c2nc(-c3ccc(-c4cccc5c4-c4ccccc4C5(c4ccccc4)c4ccccc4)cc3)cc(-c3ccc4sc5ccccc5c4c3)n2)cc1. The Hall–Kier alpha value is -6.94. The molecule has 0 saturated heterocycles. The van der Waals surface area contributed by atoms with Crippen molar-refractivity contribution in [3.8, 4) is 56.2 Å². The van der Waals surface area contributed by atoms with Crippen molar-refractivity contribution in [3.05, 3.63) is 229 Å². The van der Waals surface area contributed by atoms with Crippen LogP contribution in [0, 0.1) is 0 Å². The summed E-state index contributed by atoms with van der Waals surface area (Å²) in [6.45, 7) is 0. The summed E-state index contributed by atoms with van der Waals surface area (Å²) in [7, 11) is 0. The molecule has 0 atom stereocenters. The summed E-state index contributed by atoms with van der Waals surface area (Å²) in [4.78, 5) is 10.3. The van der Waals surface area contributed by atoms with Crippen molar-refractivity contribution in [2.45, 2.75) is 5.41 Å². The minimum absolute atomic E-state index is 0.437. The molecule has 0 spiro atoms. The van der Waals surface area contributed by atoms with E-state index in [-0.39, 0.29) is 0 Å². The first-order valence-corrected chi connectivity index (χ1v) is 19.9. The lowest BCUT2D eigenvalue weighted by Crippen LogP contribution is -2.28. The normalized spacial score (nSPS) is 12.8. The summed E-state index contributed by atoms with van der Waals surface area (Å²) < 4.78 is 2.58. The lowest BCUT2D eigenvalue weighted by atomic mass is 9.67. The van der Waals surface area contributed by atoms with Gasteiger partial charge in [0.1, 0.15) is 0 Å². The minimum atomic E-state index is -0.437. The number of hydrogen-bond acceptors (Lipinski definition) is 3. The van der Waals surface area contributed by atoms with Gasteiger partial charge < -0.3 is 0 Å². The van der Waals surface area contributed by atoms with Gasteiger partial charge in [0, 0.05) is 36.9 Å². The van der Waals surface area contributed by atoms with E-state index >= 15 is 0 Å². The van der Waals surface area contributed by atoms with Gasteiger partial charge in [-0.05, 0) is 68.8 Å². The molecule has 0 fully saturated rings. The molecule has 2 nitrogen and oxygen atoms in total. The van der Waals surface area contributed by atoms with E-state index in [1.165, 1.54) is 64.7 Å². The quantitative estimate of drug-likeness (QED) is 0.170. The number of rotatable bonds is 6. The second-order valence-corrected chi connectivity index (χ2v) is 15.6. The Morgan fingerprint density at radius 3 is 1.66 bits per heavy atom. The standard InChI is InChI=1S/C53H34N2S/c1-4-15-37(16-5-1)52-54-47(34-48(55-52)38-31-32-50-44(33-38)42-21-11-13-26-49(42)56-50)36-29-27-35(28-30-36)41-23-14-25-46-51(41)43-22-10-12-24-45(43)53(46,39-17-6-2-7-18-39)40-19-8-3-9-20-40/h1-34H. The number of thiophene rings is 1. The van der Waals surface area contributed by atoms with Crippen LogP contribution >= 0.6 is 11.3 Å². The molecule has 1 aliphatic carbocycles. The zero-order chi connectivity index (χ0) is 37.1. The van der Waals surface area contributed by atoms with Crippen LogP contribution in [0.3, 0.4) is 0 Å². The van der Waals surface area contributed by atoms with E-state index in [0.29, 0.717) is 5.82 Å². The molecule has 0 N–H and O–H groups in total. The van der Waals surface area contributed by atoms with Crippen molar-refractivity contribution in [2.24, 2.45) is 0 Å². The van der Waals surface area contributed by atoms with Crippen LogP contribution in [-0.2, 0) is 5.41 Å². The molecule has 0 saturated carbocycles. The fourth-order valence-corrected chi connectivity index (χ4v) is 9.99. The molecule has 0 radical (unpaired) electrons. The fourth-order valence-electron chi connectivity index (χ4n) is 8.90. The molecular weight excluding hydrogens is 697 g/mol. The van der Waals surface area contributed by atoms with E-state index < -0.39 is 5.41 Å². The van der Waals surface area contributed by atoms with Gasteiger partial charge in [0.25, 0.3) is 0 Å². The second kappa shape index (κ2) is 13.1. The van der Waals surface area contributed by atoms with Crippen LogP contribution in [0.2, 0.25) is 0 Å². The van der Waals surface area contributed by atoms with E-state index in [9.17, 15) is 0 Å². The number of hydrogen-bond donors (Lipinski definition) is 0. The lowest BCUT2D eigenvalue weighted by Gasteiger charge is -2.34. The Balaban J connectivity index is 1.05. The molecule has 0 aliphatic heterocycles. The van der Waals surface area contributed by atoms with Gasteiger partial charge in [-0.1, -0.05) is 182 Å². The molecule has 0 amide bonds. The van der Waals surface area contributed by atoms with E-state index in [0.717, 1.165) is 28.1 Å². The van der Waals surface area contributed by atoms with Gasteiger partial charge in [-0.15, -0.1) is 11.3 Å². The van der Waals surface area contributed by atoms with Crippen LogP contribution in [-0.4, -0.2) is 9.97 Å². The van der Waals surface area contributed by atoms with E-state index in [1.807, 2.05) is 29.5 Å². The average Bonchev–Trinajstić information content (AvgIpc) is 3.81. The summed E-state index contributed by atoms with van der Waals surface area (Å²) in [5.74, 6) is 0.716. The Kier molecular flexibility index (Phi) is 7.61. The predicted molar refractivity (Wildman–Crippen MR) is 234 cm³/mol. The molecule has 2 aromatic heterocycles. The van der Waals surface area contributed by atoms with Gasteiger partial charge >= 0.3 is 0 Å². The highest BCUT2D eigenvalue weighted by Gasteiger charge is 2.46. The van der Waals surface area contributed by atoms with Crippen LogP contribution in [0.5, 0.6) is 0 Å². The van der Waals surface area contributed by atoms with E-state index in [2.05, 4.69) is 188 Å². The molecule has 8 aromatic carbocycles. The summed E-state index contributed by atoms with van der Waals surface area (Å²) in [5.41, 5.74) is 14.6. The summed E-state index contributed by atoms with van der Waals surface area (Å²) in [5, 5.41) is 2.54. The zero-order valence-electron chi connectivity index (χ0n) is 30.4. The summed E-state index contributed by atoms with van der Waals surface area (Å²) >= 11 is 1.83. The van der Waals surface area contributed by atoms with Crippen LogP contribution in [0.4, 0.5) is 0 Å². The van der Waals surface area contributed by atoms with Crippen molar-refractivity contribution in [3.63, 3.8) is 0 Å². The number of fused-ring (bicyclic) bond motifs is 6. The molecular formula is C53H34N2S. The molecule has 3 heteroatoms. The number of benzene rings is 8. The third-order valence-corrected chi connectivity index (χ3v) is 12.6. The average molecular weight is 731 g/mol. The first-order valence-electron chi connectivity index (χ1n) is 19.1. The van der Waals surface area contributed by atoms with E-state index in [4.69, 9.17) is 9.97 Å². The van der Waals surface area contributed by atoms with Crippen molar-refractivity contribution < 1.29 is 0 Å². The number of aromatic nitrogens is 2. The van der Waals surface area contributed by atoms with Crippen LogP contribution < -0.4 is 0 Å². The topological polar surface area (TPSA) is 25.8 Å². The van der Waals surface area contributed by atoms with Gasteiger partial charge in [-0.25, -0.2) is 9.97 Å². The maximum absolute atomic E-state index is 5.17. The smallest absolute Gasteiger partial charge is 0.160 e. The summed E-state index contributed by atoms with van der Waals surface area (Å²) in [6.07, 6.45) is 0. The molecule has 0 bridgehead atoms. The maximum Gasteiger partial charge on any atom is 0.160 e. The Morgan fingerprint density at radius 2 is 0.911 bits per heavy atom. The van der Waals surface area contributed by atoms with Gasteiger partial charge in [0.2, 0.25) is 0 Å². The third kappa shape index (κ3) is 5.09. The van der Waals surface area contributed by atoms with Crippen molar-refractivity contribution in [1.29, 1.82) is 0 Å². The Labute approximate surface area is 330 Å². The molecule has 0 unspecified atom stereocenters. The van der Waals surface area contributed by atoms with E-state index in [1.54, 1.807) is 0 Å². The zero-order valence-corrected chi connectivity index (χ0v) is 31.2. The predicted octanol–water partition coefficient (Wildman–Crippen LogP) is 13.9. The molecule has 262 valence electrons. The number of nitrogens with zero attached hydrogens (tertiary/aromatic N) is 2. The Morgan fingerprint density at radius 1 is 0.357 bits per heavy atom. The van der Waals surface area contributed by atoms with Gasteiger partial charge in [-0.3, -0.25) is 0 Å². The third-order valence-electron chi connectivity index (χ3n) is 11.4. The molecule has 2 heterocycles. The van der Waals surface area contributed by atoms with Gasteiger partial charge in [0.15, 0.2) is 5.82 Å². The molecule has 11 rings (SSSR count). The molecule has 1 aliphatic rings. The largest absolute Gasteiger partial charge is 0.228 e. The highest BCUT2D eigenvalue weighted by Crippen LogP contribution is 2.58. The summed E-state index contributed by atoms with van der Waals surface area (Å²) in [6, 6.07) is 74.5. The van der Waals surface area contributed by atoms with Gasteiger partial charge in [-0.2, -0.15) is 0 Å². The van der Waals surface area contributed by atoms with Crippen LogP contribution in [0.25, 0.3) is 76.3 Å². The highest BCUT2D eigenvalue weighted by molar-refractivity contribution is 7.25. The Bertz CT molecular complexity index is 3020.